The van der Waals surface area contributed by atoms with Crippen LogP contribution in [-0.2, 0) is 4.74 Å². The average molecular weight is 319 g/mol. The lowest BCUT2D eigenvalue weighted by molar-refractivity contribution is -0.0653. The highest BCUT2D eigenvalue weighted by molar-refractivity contribution is 6.33. The molecule has 0 aliphatic heterocycles. The first-order valence-corrected chi connectivity index (χ1v) is 8.93. The van der Waals surface area contributed by atoms with Crippen LogP contribution in [0.4, 0.5) is 0 Å². The van der Waals surface area contributed by atoms with Gasteiger partial charge in [-0.3, -0.25) is 0 Å². The van der Waals surface area contributed by atoms with E-state index in [1.165, 1.54) is 38.5 Å². The van der Waals surface area contributed by atoms with E-state index in [1.807, 2.05) is 12.1 Å². The summed E-state index contributed by atoms with van der Waals surface area (Å²) in [6, 6.07) is 7.11. The molecule has 4 bridgehead atoms. The van der Waals surface area contributed by atoms with E-state index in [4.69, 9.17) is 16.3 Å². The van der Waals surface area contributed by atoms with Crippen LogP contribution in [0.1, 0.15) is 55.3 Å². The van der Waals surface area contributed by atoms with Gasteiger partial charge >= 0.3 is 5.97 Å². The number of ether oxygens (including phenoxy) is 1. The molecule has 0 radical (unpaired) electrons. The quantitative estimate of drug-likeness (QED) is 0.722. The number of rotatable bonds is 4. The minimum absolute atomic E-state index is 0.282. The van der Waals surface area contributed by atoms with Crippen LogP contribution in [0.15, 0.2) is 24.3 Å². The highest BCUT2D eigenvalue weighted by atomic mass is 35.5. The summed E-state index contributed by atoms with van der Waals surface area (Å²) < 4.78 is 5.52. The van der Waals surface area contributed by atoms with Gasteiger partial charge in [-0.2, -0.15) is 0 Å². The van der Waals surface area contributed by atoms with Crippen LogP contribution in [-0.4, -0.2) is 12.6 Å². The van der Waals surface area contributed by atoms with Gasteiger partial charge in [0.05, 0.1) is 17.2 Å². The zero-order valence-corrected chi connectivity index (χ0v) is 13.6. The van der Waals surface area contributed by atoms with Gasteiger partial charge in [0.1, 0.15) is 0 Å². The Morgan fingerprint density at radius 1 is 1.09 bits per heavy atom. The first kappa shape index (κ1) is 14.6. The average Bonchev–Trinajstić information content (AvgIpc) is 2.46. The van der Waals surface area contributed by atoms with E-state index in [2.05, 4.69) is 0 Å². The zero-order valence-electron chi connectivity index (χ0n) is 12.9. The number of carbonyl (C=O) groups excluding carboxylic acids is 1. The van der Waals surface area contributed by atoms with E-state index in [1.54, 1.807) is 12.1 Å². The first-order valence-electron chi connectivity index (χ1n) is 8.55. The topological polar surface area (TPSA) is 26.3 Å². The predicted octanol–water partition coefficient (Wildman–Crippen LogP) is 5.10. The second kappa shape index (κ2) is 5.56. The molecular formula is C19H23ClO2. The third-order valence-electron chi connectivity index (χ3n) is 6.12. The van der Waals surface area contributed by atoms with Gasteiger partial charge in [0.15, 0.2) is 0 Å². The Bertz CT molecular complexity index is 545. The second-order valence-corrected chi connectivity index (χ2v) is 8.19. The molecule has 0 spiro atoms. The fraction of sp³-hybridized carbons (Fsp3) is 0.632. The molecule has 118 valence electrons. The molecule has 22 heavy (non-hydrogen) atoms. The molecule has 1 aromatic carbocycles. The summed E-state index contributed by atoms with van der Waals surface area (Å²) in [6.45, 7) is 0.538. The van der Waals surface area contributed by atoms with E-state index < -0.39 is 0 Å². The molecule has 0 amide bonds. The van der Waals surface area contributed by atoms with E-state index in [9.17, 15) is 4.79 Å². The van der Waals surface area contributed by atoms with Crippen molar-refractivity contribution in [3.05, 3.63) is 34.9 Å². The highest BCUT2D eigenvalue weighted by Gasteiger charge is 2.50. The van der Waals surface area contributed by atoms with E-state index in [0.717, 1.165) is 24.2 Å². The van der Waals surface area contributed by atoms with Crippen molar-refractivity contribution in [3.63, 3.8) is 0 Å². The van der Waals surface area contributed by atoms with Crippen molar-refractivity contribution in [3.8, 4) is 0 Å². The Kier molecular flexibility index (Phi) is 3.68. The van der Waals surface area contributed by atoms with Crippen LogP contribution in [0.25, 0.3) is 0 Å². The number of benzene rings is 1. The van der Waals surface area contributed by atoms with Crippen molar-refractivity contribution < 1.29 is 9.53 Å². The zero-order chi connectivity index (χ0) is 15.2. The molecule has 0 N–H and O–H groups in total. The molecule has 4 aliphatic carbocycles. The third-order valence-corrected chi connectivity index (χ3v) is 6.45. The fourth-order valence-electron chi connectivity index (χ4n) is 5.66. The molecule has 2 nitrogen and oxygen atoms in total. The summed E-state index contributed by atoms with van der Waals surface area (Å²) in [7, 11) is 0. The minimum atomic E-state index is -0.282. The smallest absolute Gasteiger partial charge is 0.339 e. The normalized spacial score (nSPS) is 35.6. The number of carbonyl (C=O) groups is 1. The van der Waals surface area contributed by atoms with E-state index in [-0.39, 0.29) is 5.97 Å². The lowest BCUT2D eigenvalue weighted by Gasteiger charge is -2.57. The molecule has 0 heterocycles. The van der Waals surface area contributed by atoms with Crippen LogP contribution in [0, 0.1) is 23.2 Å². The van der Waals surface area contributed by atoms with Crippen LogP contribution < -0.4 is 0 Å². The van der Waals surface area contributed by atoms with Crippen molar-refractivity contribution in [1.82, 2.24) is 0 Å². The van der Waals surface area contributed by atoms with Gasteiger partial charge in [-0.15, -0.1) is 0 Å². The van der Waals surface area contributed by atoms with Gasteiger partial charge in [0.25, 0.3) is 0 Å². The third kappa shape index (κ3) is 2.67. The van der Waals surface area contributed by atoms with Crippen LogP contribution >= 0.6 is 11.6 Å². The van der Waals surface area contributed by atoms with Crippen molar-refractivity contribution in [2.45, 2.75) is 44.9 Å². The molecule has 5 rings (SSSR count). The fourth-order valence-corrected chi connectivity index (χ4v) is 5.87. The summed E-state index contributed by atoms with van der Waals surface area (Å²) >= 11 is 6.05. The maximum atomic E-state index is 12.1. The summed E-state index contributed by atoms with van der Waals surface area (Å²) in [6.07, 6.45) is 9.50. The summed E-state index contributed by atoms with van der Waals surface area (Å²) in [5.41, 5.74) is 0.949. The standard InChI is InChI=1S/C19H23ClO2/c20-17-4-2-1-3-16(17)18(21)22-6-5-19-10-13-7-14(11-19)9-15(8-13)12-19/h1-4,13-15H,5-12H2. The summed E-state index contributed by atoms with van der Waals surface area (Å²) in [5, 5.41) is 0.474. The molecule has 4 saturated carbocycles. The second-order valence-electron chi connectivity index (χ2n) is 7.78. The molecule has 0 unspecified atom stereocenters. The van der Waals surface area contributed by atoms with Crippen molar-refractivity contribution in [2.75, 3.05) is 6.61 Å². The molecular weight excluding hydrogens is 296 g/mol. The predicted molar refractivity (Wildman–Crippen MR) is 87.0 cm³/mol. The largest absolute Gasteiger partial charge is 0.462 e. The van der Waals surface area contributed by atoms with Crippen molar-refractivity contribution in [2.24, 2.45) is 23.2 Å². The lowest BCUT2D eigenvalue weighted by atomic mass is 9.49. The Balaban J connectivity index is 1.36. The molecule has 0 atom stereocenters. The Morgan fingerprint density at radius 2 is 1.68 bits per heavy atom. The number of hydrogen-bond donors (Lipinski definition) is 0. The Morgan fingerprint density at radius 3 is 2.27 bits per heavy atom. The highest BCUT2D eigenvalue weighted by Crippen LogP contribution is 2.61. The minimum Gasteiger partial charge on any atom is -0.462 e. The number of hydrogen-bond acceptors (Lipinski definition) is 2. The molecule has 4 aliphatic rings. The van der Waals surface area contributed by atoms with E-state index >= 15 is 0 Å². The van der Waals surface area contributed by atoms with Gasteiger partial charge in [-0.25, -0.2) is 4.79 Å². The van der Waals surface area contributed by atoms with Crippen molar-refractivity contribution in [1.29, 1.82) is 0 Å². The Hall–Kier alpha value is -1.02. The van der Waals surface area contributed by atoms with E-state index in [0.29, 0.717) is 22.6 Å². The van der Waals surface area contributed by atoms with Crippen LogP contribution in [0.3, 0.4) is 0 Å². The van der Waals surface area contributed by atoms with Gasteiger partial charge in [0, 0.05) is 0 Å². The maximum absolute atomic E-state index is 12.1. The molecule has 0 aromatic heterocycles. The Labute approximate surface area is 137 Å². The van der Waals surface area contributed by atoms with Gasteiger partial charge in [-0.05, 0) is 80.2 Å². The number of esters is 1. The van der Waals surface area contributed by atoms with Gasteiger partial charge < -0.3 is 4.74 Å². The first-order chi connectivity index (χ1) is 10.6. The SMILES string of the molecule is O=C(OCCC12CC3CC(CC(C3)C1)C2)c1ccccc1Cl. The lowest BCUT2D eigenvalue weighted by Crippen LogP contribution is -2.46. The van der Waals surface area contributed by atoms with Crippen LogP contribution in [0.5, 0.6) is 0 Å². The maximum Gasteiger partial charge on any atom is 0.339 e. The van der Waals surface area contributed by atoms with Gasteiger partial charge in [0.2, 0.25) is 0 Å². The summed E-state index contributed by atoms with van der Waals surface area (Å²) in [4.78, 5) is 12.1. The molecule has 0 saturated heterocycles. The summed E-state index contributed by atoms with van der Waals surface area (Å²) in [5.74, 6) is 2.57. The monoisotopic (exact) mass is 318 g/mol. The van der Waals surface area contributed by atoms with Crippen LogP contribution in [0.2, 0.25) is 5.02 Å². The van der Waals surface area contributed by atoms with Gasteiger partial charge in [-0.1, -0.05) is 23.7 Å². The molecule has 1 aromatic rings. The molecule has 4 fully saturated rings. The molecule has 3 heteroatoms. The number of halogens is 1. The van der Waals surface area contributed by atoms with Crippen molar-refractivity contribution >= 4 is 17.6 Å².